The third-order valence-corrected chi connectivity index (χ3v) is 5.15. The molecule has 1 fully saturated rings. The fourth-order valence-electron chi connectivity index (χ4n) is 3.07. The second kappa shape index (κ2) is 9.07. The molecule has 6 nitrogen and oxygen atoms in total. The van der Waals surface area contributed by atoms with Crippen LogP contribution in [-0.2, 0) is 9.59 Å². The maximum absolute atomic E-state index is 13.1. The predicted molar refractivity (Wildman–Crippen MR) is 118 cm³/mol. The third-order valence-electron chi connectivity index (χ3n) is 4.48. The first-order valence-corrected chi connectivity index (χ1v) is 9.68. The maximum atomic E-state index is 13.1. The van der Waals surface area contributed by atoms with Crippen LogP contribution in [0.2, 0.25) is 5.02 Å². The van der Waals surface area contributed by atoms with Crippen molar-refractivity contribution < 1.29 is 14.3 Å². The molecule has 1 atom stereocenters. The molecule has 8 heteroatoms. The molecule has 0 aliphatic carbocycles. The van der Waals surface area contributed by atoms with Crippen LogP contribution in [0, 0.1) is 0 Å². The van der Waals surface area contributed by atoms with E-state index >= 15 is 0 Å². The van der Waals surface area contributed by atoms with Crippen molar-refractivity contribution in [3.05, 3.63) is 66.2 Å². The number of rotatable bonds is 7. The summed E-state index contributed by atoms with van der Waals surface area (Å²) in [6, 6.07) is 13.1. The van der Waals surface area contributed by atoms with Crippen LogP contribution in [0.5, 0.6) is 5.75 Å². The molecule has 1 aliphatic rings. The summed E-state index contributed by atoms with van der Waals surface area (Å²) in [7, 11) is 1.57. The van der Waals surface area contributed by atoms with Crippen LogP contribution in [-0.4, -0.2) is 41.5 Å². The second-order valence-electron chi connectivity index (χ2n) is 6.37. The van der Waals surface area contributed by atoms with Gasteiger partial charge in [0.2, 0.25) is 5.91 Å². The summed E-state index contributed by atoms with van der Waals surface area (Å²) < 4.78 is 5.11. The van der Waals surface area contributed by atoms with Crippen molar-refractivity contribution in [3.8, 4) is 5.75 Å². The number of nitrogens with zero attached hydrogens (tertiary/aromatic N) is 2. The van der Waals surface area contributed by atoms with E-state index in [1.54, 1.807) is 66.6 Å². The first-order valence-electron chi connectivity index (χ1n) is 8.89. The Morgan fingerprint density at radius 2 is 1.90 bits per heavy atom. The lowest BCUT2D eigenvalue weighted by Crippen LogP contribution is -2.37. The number of carbonyl (C=O) groups excluding carboxylic acids is 2. The number of halogens is 1. The molecule has 150 valence electrons. The minimum atomic E-state index is -0.713. The Hall–Kier alpha value is -2.90. The van der Waals surface area contributed by atoms with Crippen LogP contribution < -0.4 is 15.0 Å². The molecule has 1 heterocycles. The summed E-state index contributed by atoms with van der Waals surface area (Å²) >= 11 is 11.5. The average Bonchev–Trinajstić information content (AvgIpc) is 2.94. The van der Waals surface area contributed by atoms with Crippen molar-refractivity contribution >= 4 is 52.1 Å². The topological polar surface area (TPSA) is 61.9 Å². The lowest BCUT2D eigenvalue weighted by atomic mass is 10.1. The molecular formula is C21H20ClN3O3S. The van der Waals surface area contributed by atoms with Crippen LogP contribution in [0.15, 0.2) is 61.2 Å². The summed E-state index contributed by atoms with van der Waals surface area (Å²) in [6.07, 6.45) is 1.61. The molecule has 2 aromatic carbocycles. The summed E-state index contributed by atoms with van der Waals surface area (Å²) in [4.78, 5) is 28.8. The average molecular weight is 430 g/mol. The molecule has 0 spiro atoms. The summed E-state index contributed by atoms with van der Waals surface area (Å²) in [5.41, 5.74) is 1.23. The van der Waals surface area contributed by atoms with Gasteiger partial charge in [-0.3, -0.25) is 14.5 Å². The molecule has 0 bridgehead atoms. The number of ether oxygens (including phenoxy) is 1. The van der Waals surface area contributed by atoms with Gasteiger partial charge in [0.1, 0.15) is 11.8 Å². The zero-order chi connectivity index (χ0) is 21.0. The molecule has 0 saturated carbocycles. The standard InChI is InChI=1S/C21H20ClN3O3S/c1-3-12-24-18(13-19(26)23-15-6-10-17(28-2)11-7-15)20(27)25(21(24)29)16-8-4-14(22)5-9-16/h3-11,18H,1,12-13H2,2H3,(H,23,26)/t18-/m1/s1. The fourth-order valence-corrected chi connectivity index (χ4v) is 3.59. The summed E-state index contributed by atoms with van der Waals surface area (Å²) in [5, 5.41) is 3.69. The van der Waals surface area contributed by atoms with E-state index in [1.807, 2.05) is 0 Å². The Morgan fingerprint density at radius 1 is 1.24 bits per heavy atom. The van der Waals surface area contributed by atoms with Crippen molar-refractivity contribution in [1.82, 2.24) is 4.90 Å². The lowest BCUT2D eigenvalue weighted by Gasteiger charge is -2.22. The van der Waals surface area contributed by atoms with Gasteiger partial charge in [-0.2, -0.15) is 0 Å². The minimum Gasteiger partial charge on any atom is -0.497 e. The molecule has 1 saturated heterocycles. The van der Waals surface area contributed by atoms with Gasteiger partial charge < -0.3 is 15.0 Å². The third kappa shape index (κ3) is 4.58. The molecule has 3 rings (SSSR count). The Kier molecular flexibility index (Phi) is 6.51. The first kappa shape index (κ1) is 20.8. The number of nitrogens with one attached hydrogen (secondary N) is 1. The summed E-state index contributed by atoms with van der Waals surface area (Å²) in [5.74, 6) is 0.141. The van der Waals surface area contributed by atoms with Gasteiger partial charge in [-0.15, -0.1) is 6.58 Å². The SMILES string of the molecule is C=CCN1C(=S)N(c2ccc(Cl)cc2)C(=O)[C@H]1CC(=O)Nc1ccc(OC)cc1. The summed E-state index contributed by atoms with van der Waals surface area (Å²) in [6.45, 7) is 4.09. The van der Waals surface area contributed by atoms with E-state index in [4.69, 9.17) is 28.6 Å². The van der Waals surface area contributed by atoms with Gasteiger partial charge in [0.25, 0.3) is 5.91 Å². The first-order chi connectivity index (χ1) is 13.9. The van der Waals surface area contributed by atoms with Crippen molar-refractivity contribution in [2.75, 3.05) is 23.9 Å². The number of thiocarbonyl (C=S) groups is 1. The van der Waals surface area contributed by atoms with Crippen molar-refractivity contribution in [2.45, 2.75) is 12.5 Å². The number of hydrogen-bond acceptors (Lipinski definition) is 4. The van der Waals surface area contributed by atoms with Crippen LogP contribution in [0.25, 0.3) is 0 Å². The van der Waals surface area contributed by atoms with Crippen molar-refractivity contribution in [2.24, 2.45) is 0 Å². The number of hydrogen-bond donors (Lipinski definition) is 1. The number of methoxy groups -OCH3 is 1. The Bertz CT molecular complexity index is 931. The number of amides is 2. The van der Waals surface area contributed by atoms with Gasteiger partial charge in [-0.1, -0.05) is 17.7 Å². The number of anilines is 2. The monoisotopic (exact) mass is 429 g/mol. The van der Waals surface area contributed by atoms with Crippen LogP contribution >= 0.6 is 23.8 Å². The molecule has 1 aliphatic heterocycles. The van der Waals surface area contributed by atoms with Gasteiger partial charge in [-0.05, 0) is 60.7 Å². The van der Waals surface area contributed by atoms with Crippen LogP contribution in [0.1, 0.15) is 6.42 Å². The zero-order valence-corrected chi connectivity index (χ0v) is 17.4. The molecule has 0 radical (unpaired) electrons. The molecular weight excluding hydrogens is 410 g/mol. The highest BCUT2D eigenvalue weighted by Gasteiger charge is 2.43. The maximum Gasteiger partial charge on any atom is 0.256 e. The van der Waals surface area contributed by atoms with Crippen LogP contribution in [0.4, 0.5) is 11.4 Å². The fraction of sp³-hybridized carbons (Fsp3) is 0.190. The van der Waals surface area contributed by atoms with E-state index in [9.17, 15) is 9.59 Å². The molecule has 0 unspecified atom stereocenters. The molecule has 2 amide bonds. The van der Waals surface area contributed by atoms with E-state index in [0.29, 0.717) is 33.8 Å². The number of benzene rings is 2. The van der Waals surface area contributed by atoms with Crippen molar-refractivity contribution in [1.29, 1.82) is 0 Å². The highest BCUT2D eigenvalue weighted by molar-refractivity contribution is 7.80. The minimum absolute atomic E-state index is 0.0388. The van der Waals surface area contributed by atoms with Gasteiger partial charge in [0.15, 0.2) is 5.11 Å². The van der Waals surface area contributed by atoms with Gasteiger partial charge in [0.05, 0.1) is 19.2 Å². The van der Waals surface area contributed by atoms with Crippen molar-refractivity contribution in [3.63, 3.8) is 0 Å². The predicted octanol–water partition coefficient (Wildman–Crippen LogP) is 3.87. The Morgan fingerprint density at radius 3 is 2.48 bits per heavy atom. The molecule has 0 aromatic heterocycles. The Labute approximate surface area is 179 Å². The smallest absolute Gasteiger partial charge is 0.256 e. The quantitative estimate of drug-likeness (QED) is 0.534. The molecule has 29 heavy (non-hydrogen) atoms. The Balaban J connectivity index is 1.77. The van der Waals surface area contributed by atoms with E-state index in [2.05, 4.69) is 11.9 Å². The van der Waals surface area contributed by atoms with Gasteiger partial charge in [0, 0.05) is 17.3 Å². The van der Waals surface area contributed by atoms with E-state index in [0.717, 1.165) is 0 Å². The van der Waals surface area contributed by atoms with E-state index < -0.39 is 6.04 Å². The highest BCUT2D eigenvalue weighted by Crippen LogP contribution is 2.28. The second-order valence-corrected chi connectivity index (χ2v) is 7.17. The van der Waals surface area contributed by atoms with E-state index in [-0.39, 0.29) is 18.2 Å². The van der Waals surface area contributed by atoms with E-state index in [1.165, 1.54) is 4.90 Å². The number of carbonyl (C=O) groups is 2. The van der Waals surface area contributed by atoms with Crippen LogP contribution in [0.3, 0.4) is 0 Å². The zero-order valence-electron chi connectivity index (χ0n) is 15.8. The lowest BCUT2D eigenvalue weighted by molar-refractivity contribution is -0.124. The largest absolute Gasteiger partial charge is 0.497 e. The van der Waals surface area contributed by atoms with Gasteiger partial charge >= 0.3 is 0 Å². The molecule has 1 N–H and O–H groups in total. The molecule has 2 aromatic rings. The van der Waals surface area contributed by atoms with Gasteiger partial charge in [-0.25, -0.2) is 0 Å². The normalized spacial score (nSPS) is 16.1. The highest BCUT2D eigenvalue weighted by atomic mass is 35.5.